The number of anilines is 2. The number of pyridine rings is 1. The van der Waals surface area contributed by atoms with E-state index >= 15 is 0 Å². The van der Waals surface area contributed by atoms with Crippen LogP contribution in [0.25, 0.3) is 0 Å². The minimum absolute atomic E-state index is 0.124. The van der Waals surface area contributed by atoms with Crippen molar-refractivity contribution in [1.29, 1.82) is 0 Å². The number of likely N-dealkylation sites (N-methyl/N-ethyl adjacent to an activating group) is 1. The minimum Gasteiger partial charge on any atom is -0.476 e. The van der Waals surface area contributed by atoms with Gasteiger partial charge in [-0.1, -0.05) is 19.8 Å². The lowest BCUT2D eigenvalue weighted by atomic mass is 9.91. The molecule has 1 heterocycles. The highest BCUT2D eigenvalue weighted by molar-refractivity contribution is 5.54. The second-order valence-electron chi connectivity index (χ2n) is 5.44. The van der Waals surface area contributed by atoms with Gasteiger partial charge in [0.15, 0.2) is 0 Å². The van der Waals surface area contributed by atoms with Crippen molar-refractivity contribution in [3.8, 4) is 5.88 Å². The molecule has 5 heteroatoms. The number of aliphatic hydroxyl groups excluding tert-OH is 1. The van der Waals surface area contributed by atoms with E-state index in [9.17, 15) is 5.11 Å². The predicted molar refractivity (Wildman–Crippen MR) is 81.1 cm³/mol. The highest BCUT2D eigenvalue weighted by atomic mass is 16.5. The molecule has 1 aliphatic rings. The van der Waals surface area contributed by atoms with E-state index in [-0.39, 0.29) is 12.1 Å². The fourth-order valence-electron chi connectivity index (χ4n) is 2.67. The highest BCUT2D eigenvalue weighted by Gasteiger charge is 2.27. The first kappa shape index (κ1) is 14.9. The number of ether oxygens (including phenoxy) is 1. The van der Waals surface area contributed by atoms with Crippen molar-refractivity contribution in [1.82, 2.24) is 4.98 Å². The Labute approximate surface area is 120 Å². The molecule has 0 bridgehead atoms. The Hall–Kier alpha value is -1.49. The monoisotopic (exact) mass is 279 g/mol. The van der Waals surface area contributed by atoms with Crippen molar-refractivity contribution in [2.45, 2.75) is 51.2 Å². The van der Waals surface area contributed by atoms with Crippen molar-refractivity contribution >= 4 is 11.5 Å². The van der Waals surface area contributed by atoms with Gasteiger partial charge in [0.1, 0.15) is 5.82 Å². The summed E-state index contributed by atoms with van der Waals surface area (Å²) in [5.74, 6) is 1.29. The van der Waals surface area contributed by atoms with E-state index in [1.807, 2.05) is 31.0 Å². The van der Waals surface area contributed by atoms with Gasteiger partial charge in [0.2, 0.25) is 5.88 Å². The number of hydrogen-bond acceptors (Lipinski definition) is 5. The number of rotatable bonds is 5. The number of aromatic nitrogens is 1. The quantitative estimate of drug-likeness (QED) is 0.864. The summed E-state index contributed by atoms with van der Waals surface area (Å²) in [4.78, 5) is 6.53. The fourth-order valence-corrected chi connectivity index (χ4v) is 2.67. The van der Waals surface area contributed by atoms with Gasteiger partial charge in [-0.25, -0.2) is 0 Å². The standard InChI is InChI=1S/C15H25N3O2/c1-3-10-20-15-11(16)8-9-14(17-15)18(2)12-6-4-5-7-13(12)19/h8-9,12-13,19H,3-7,10,16H2,1-2H3. The predicted octanol–water partition coefficient (Wildman–Crippen LogP) is 2.19. The first-order valence-electron chi connectivity index (χ1n) is 7.43. The molecule has 1 aliphatic carbocycles. The van der Waals surface area contributed by atoms with Crippen molar-refractivity contribution in [3.63, 3.8) is 0 Å². The first-order chi connectivity index (χ1) is 9.63. The van der Waals surface area contributed by atoms with Crippen LogP contribution < -0.4 is 15.4 Å². The normalized spacial score (nSPS) is 22.6. The van der Waals surface area contributed by atoms with Crippen LogP contribution in [0.3, 0.4) is 0 Å². The molecule has 0 radical (unpaired) electrons. The fraction of sp³-hybridized carbons (Fsp3) is 0.667. The summed E-state index contributed by atoms with van der Waals surface area (Å²) in [6.45, 7) is 2.65. The Bertz CT molecular complexity index is 439. The van der Waals surface area contributed by atoms with E-state index in [1.165, 1.54) is 0 Å². The number of aliphatic hydroxyl groups is 1. The Kier molecular flexibility index (Phi) is 5.06. The van der Waals surface area contributed by atoms with Crippen LogP contribution in [0.15, 0.2) is 12.1 Å². The molecule has 5 nitrogen and oxygen atoms in total. The molecule has 0 amide bonds. The van der Waals surface area contributed by atoms with Gasteiger partial charge in [-0.15, -0.1) is 0 Å². The van der Waals surface area contributed by atoms with Crippen LogP contribution in [0.5, 0.6) is 5.88 Å². The average molecular weight is 279 g/mol. The van der Waals surface area contributed by atoms with Crippen molar-refractivity contribution in [2.75, 3.05) is 24.3 Å². The van der Waals surface area contributed by atoms with Crippen molar-refractivity contribution in [2.24, 2.45) is 0 Å². The Morgan fingerprint density at radius 3 is 2.85 bits per heavy atom. The average Bonchev–Trinajstić information content (AvgIpc) is 2.46. The molecule has 1 saturated carbocycles. The van der Waals surface area contributed by atoms with Crippen LogP contribution in [0.4, 0.5) is 11.5 Å². The third-order valence-corrected chi connectivity index (χ3v) is 3.87. The molecule has 0 aliphatic heterocycles. The molecule has 2 rings (SSSR count). The van der Waals surface area contributed by atoms with Gasteiger partial charge in [-0.2, -0.15) is 4.98 Å². The summed E-state index contributed by atoms with van der Waals surface area (Å²) in [6, 6.07) is 3.83. The van der Waals surface area contributed by atoms with Gasteiger partial charge in [0, 0.05) is 7.05 Å². The zero-order chi connectivity index (χ0) is 14.5. The largest absolute Gasteiger partial charge is 0.476 e. The van der Waals surface area contributed by atoms with Gasteiger partial charge in [0.05, 0.1) is 24.4 Å². The smallest absolute Gasteiger partial charge is 0.239 e. The van der Waals surface area contributed by atoms with Crippen LogP contribution >= 0.6 is 0 Å². The second kappa shape index (κ2) is 6.79. The van der Waals surface area contributed by atoms with E-state index in [0.717, 1.165) is 37.9 Å². The summed E-state index contributed by atoms with van der Waals surface area (Å²) < 4.78 is 5.57. The van der Waals surface area contributed by atoms with Gasteiger partial charge < -0.3 is 20.5 Å². The SMILES string of the molecule is CCCOc1nc(N(C)C2CCCCC2O)ccc1N. The topological polar surface area (TPSA) is 71.6 Å². The van der Waals surface area contributed by atoms with Gasteiger partial charge in [-0.05, 0) is 31.4 Å². The lowest BCUT2D eigenvalue weighted by Gasteiger charge is -2.36. The number of nitrogens with zero attached hydrogens (tertiary/aromatic N) is 2. The summed E-state index contributed by atoms with van der Waals surface area (Å²) in [5, 5.41) is 10.1. The van der Waals surface area contributed by atoms with Gasteiger partial charge in [-0.3, -0.25) is 0 Å². The van der Waals surface area contributed by atoms with E-state index in [1.54, 1.807) is 0 Å². The number of nitrogen functional groups attached to an aromatic ring is 1. The maximum absolute atomic E-state index is 10.1. The summed E-state index contributed by atoms with van der Waals surface area (Å²) in [5.41, 5.74) is 6.44. The van der Waals surface area contributed by atoms with Crippen molar-refractivity contribution < 1.29 is 9.84 Å². The molecule has 3 N–H and O–H groups in total. The molecule has 112 valence electrons. The third-order valence-electron chi connectivity index (χ3n) is 3.87. The Morgan fingerprint density at radius 1 is 1.40 bits per heavy atom. The van der Waals surface area contributed by atoms with Crippen LogP contribution in [0, 0.1) is 0 Å². The number of hydrogen-bond donors (Lipinski definition) is 2. The molecular formula is C15H25N3O2. The van der Waals surface area contributed by atoms with Crippen LogP contribution in [0.2, 0.25) is 0 Å². The number of nitrogens with two attached hydrogens (primary N) is 1. The molecule has 2 atom stereocenters. The lowest BCUT2D eigenvalue weighted by molar-refractivity contribution is 0.106. The van der Waals surface area contributed by atoms with E-state index in [0.29, 0.717) is 18.2 Å². The van der Waals surface area contributed by atoms with Crippen LogP contribution in [-0.2, 0) is 0 Å². The first-order valence-corrected chi connectivity index (χ1v) is 7.43. The molecular weight excluding hydrogens is 254 g/mol. The minimum atomic E-state index is -0.284. The van der Waals surface area contributed by atoms with E-state index in [4.69, 9.17) is 10.5 Å². The van der Waals surface area contributed by atoms with Crippen LogP contribution in [0.1, 0.15) is 39.0 Å². The van der Waals surface area contributed by atoms with E-state index < -0.39 is 0 Å². The molecule has 1 aromatic heterocycles. The third kappa shape index (κ3) is 3.33. The summed E-state index contributed by atoms with van der Waals surface area (Å²) in [7, 11) is 1.97. The zero-order valence-corrected chi connectivity index (χ0v) is 12.4. The Morgan fingerprint density at radius 2 is 2.15 bits per heavy atom. The molecule has 1 aromatic rings. The summed E-state index contributed by atoms with van der Waals surface area (Å²) >= 11 is 0. The molecule has 1 fully saturated rings. The maximum atomic E-state index is 10.1. The molecule has 20 heavy (non-hydrogen) atoms. The van der Waals surface area contributed by atoms with Gasteiger partial charge >= 0.3 is 0 Å². The molecule has 0 spiro atoms. The summed E-state index contributed by atoms with van der Waals surface area (Å²) in [6.07, 6.45) is 4.75. The van der Waals surface area contributed by atoms with Crippen molar-refractivity contribution in [3.05, 3.63) is 12.1 Å². The molecule has 0 saturated heterocycles. The molecule has 2 unspecified atom stereocenters. The lowest BCUT2D eigenvalue weighted by Crippen LogP contribution is -2.43. The molecule has 0 aromatic carbocycles. The van der Waals surface area contributed by atoms with Crippen LogP contribution in [-0.4, -0.2) is 35.9 Å². The second-order valence-corrected chi connectivity index (χ2v) is 5.44. The zero-order valence-electron chi connectivity index (χ0n) is 12.4. The highest BCUT2D eigenvalue weighted by Crippen LogP contribution is 2.28. The van der Waals surface area contributed by atoms with E-state index in [2.05, 4.69) is 4.98 Å². The van der Waals surface area contributed by atoms with Gasteiger partial charge in [0.25, 0.3) is 0 Å². The Balaban J connectivity index is 2.14. The maximum Gasteiger partial charge on any atom is 0.239 e.